The van der Waals surface area contributed by atoms with Crippen molar-refractivity contribution in [3.63, 3.8) is 0 Å². The van der Waals surface area contributed by atoms with Crippen LogP contribution >= 0.6 is 0 Å². The highest BCUT2D eigenvalue weighted by atomic mass is 16.7. The van der Waals surface area contributed by atoms with Crippen LogP contribution in [-0.4, -0.2) is 35.3 Å². The molecule has 0 aromatic carbocycles. The van der Waals surface area contributed by atoms with Crippen molar-refractivity contribution < 1.29 is 14.7 Å². The zero-order valence-corrected chi connectivity index (χ0v) is 5.49. The van der Waals surface area contributed by atoms with E-state index in [1.807, 2.05) is 0 Å². The largest absolute Gasteiger partial charge is 0.428 e. The number of rotatable bonds is 0. The number of carbonyl (C=O) groups excluding carboxylic acids is 1. The van der Waals surface area contributed by atoms with E-state index in [0.717, 1.165) is 0 Å². The third-order valence-electron chi connectivity index (χ3n) is 1.52. The average molecular weight is 146 g/mol. The topological polar surface area (TPSA) is 75.8 Å². The number of aliphatic hydroxyl groups excluding tert-OH is 1. The minimum absolute atomic E-state index is 0.329. The van der Waals surface area contributed by atoms with Gasteiger partial charge in [0, 0.05) is 6.54 Å². The molecule has 1 atom stereocenters. The van der Waals surface area contributed by atoms with Gasteiger partial charge in [-0.05, 0) is 6.42 Å². The molecule has 3 N–H and O–H groups in total. The van der Waals surface area contributed by atoms with Gasteiger partial charge in [0.1, 0.15) is 0 Å². The first-order valence-corrected chi connectivity index (χ1v) is 3.07. The first-order chi connectivity index (χ1) is 4.74. The highest BCUT2D eigenvalue weighted by molar-refractivity contribution is 5.67. The van der Waals surface area contributed by atoms with Crippen molar-refractivity contribution in [2.45, 2.75) is 12.5 Å². The highest BCUT2D eigenvalue weighted by Crippen LogP contribution is 2.08. The maximum Gasteiger partial charge on any atom is 0.428 e. The smallest absolute Gasteiger partial charge is 0.391 e. The van der Waals surface area contributed by atoms with Crippen LogP contribution in [0.2, 0.25) is 0 Å². The summed E-state index contributed by atoms with van der Waals surface area (Å²) in [6.45, 7) is 0.854. The number of hydrogen-bond donors (Lipinski definition) is 2. The fourth-order valence-electron chi connectivity index (χ4n) is 0.982. The summed E-state index contributed by atoms with van der Waals surface area (Å²) in [5.74, 6) is 4.62. The first kappa shape index (κ1) is 7.30. The second-order valence-electron chi connectivity index (χ2n) is 2.27. The molecule has 10 heavy (non-hydrogen) atoms. The van der Waals surface area contributed by atoms with Gasteiger partial charge in [0.15, 0.2) is 0 Å². The molecule has 0 bridgehead atoms. The molecule has 1 aliphatic heterocycles. The van der Waals surface area contributed by atoms with Crippen LogP contribution in [0.25, 0.3) is 0 Å². The van der Waals surface area contributed by atoms with Crippen molar-refractivity contribution in [2.75, 3.05) is 13.1 Å². The van der Waals surface area contributed by atoms with Gasteiger partial charge in [0.25, 0.3) is 0 Å². The van der Waals surface area contributed by atoms with Crippen LogP contribution in [0.15, 0.2) is 0 Å². The fourth-order valence-corrected chi connectivity index (χ4v) is 0.982. The zero-order chi connectivity index (χ0) is 7.56. The lowest BCUT2D eigenvalue weighted by molar-refractivity contribution is 0.103. The molecule has 1 saturated heterocycles. The highest BCUT2D eigenvalue weighted by Gasteiger charge is 2.24. The normalized spacial score (nSPS) is 25.0. The number of hydrogen-bond acceptors (Lipinski definition) is 4. The Bertz CT molecular complexity index is 139. The number of aliphatic hydroxyl groups is 1. The SMILES string of the molecule is NOC(=O)N1CCC(O)C1. The molecule has 0 aliphatic carbocycles. The Morgan fingerprint density at radius 1 is 1.80 bits per heavy atom. The maximum absolute atomic E-state index is 10.6. The van der Waals surface area contributed by atoms with Gasteiger partial charge in [-0.3, -0.25) is 0 Å². The Kier molecular flexibility index (Phi) is 2.08. The molecule has 1 amide bonds. The van der Waals surface area contributed by atoms with Gasteiger partial charge >= 0.3 is 6.09 Å². The third-order valence-corrected chi connectivity index (χ3v) is 1.52. The Balaban J connectivity index is 2.37. The van der Waals surface area contributed by atoms with Crippen molar-refractivity contribution in [2.24, 2.45) is 5.90 Å². The molecule has 5 nitrogen and oxygen atoms in total. The fraction of sp³-hybridized carbons (Fsp3) is 0.800. The molecule has 5 heteroatoms. The summed E-state index contributed by atoms with van der Waals surface area (Å²) in [5.41, 5.74) is 0. The number of carbonyl (C=O) groups is 1. The number of nitrogens with zero attached hydrogens (tertiary/aromatic N) is 1. The maximum atomic E-state index is 10.6. The lowest BCUT2D eigenvalue weighted by atomic mass is 10.3. The minimum Gasteiger partial charge on any atom is -0.391 e. The van der Waals surface area contributed by atoms with E-state index in [9.17, 15) is 4.79 Å². The van der Waals surface area contributed by atoms with Crippen LogP contribution < -0.4 is 5.90 Å². The van der Waals surface area contributed by atoms with Gasteiger partial charge < -0.3 is 14.8 Å². The van der Waals surface area contributed by atoms with Gasteiger partial charge in [-0.1, -0.05) is 0 Å². The van der Waals surface area contributed by atoms with Crippen LogP contribution in [0.1, 0.15) is 6.42 Å². The van der Waals surface area contributed by atoms with E-state index in [2.05, 4.69) is 10.7 Å². The second-order valence-corrected chi connectivity index (χ2v) is 2.27. The molecule has 1 fully saturated rings. The standard InChI is InChI=1S/C5H10N2O3/c6-10-5(9)7-2-1-4(8)3-7/h4,8H,1-3,6H2. The van der Waals surface area contributed by atoms with Crippen molar-refractivity contribution in [1.82, 2.24) is 4.90 Å². The van der Waals surface area contributed by atoms with E-state index in [-0.39, 0.29) is 0 Å². The minimum atomic E-state index is -0.573. The molecule has 0 saturated carbocycles. The number of β-amino-alcohol motifs (C(OH)–C–C–N with tert-alkyl or cyclic N) is 1. The van der Waals surface area contributed by atoms with Crippen LogP contribution in [0.4, 0.5) is 4.79 Å². The van der Waals surface area contributed by atoms with Gasteiger partial charge in [-0.15, -0.1) is 0 Å². The summed E-state index contributed by atoms with van der Waals surface area (Å²) in [5, 5.41) is 8.95. The summed E-state index contributed by atoms with van der Waals surface area (Å²) in [6, 6.07) is 0. The number of likely N-dealkylation sites (tertiary alicyclic amines) is 1. The third kappa shape index (κ3) is 1.37. The Hall–Kier alpha value is -0.810. The lowest BCUT2D eigenvalue weighted by Gasteiger charge is -2.11. The molecular weight excluding hydrogens is 136 g/mol. The molecule has 0 aromatic heterocycles. The van der Waals surface area contributed by atoms with E-state index in [1.165, 1.54) is 4.90 Å². The molecule has 0 aromatic rings. The Labute approximate surface area is 58.3 Å². The summed E-state index contributed by atoms with van der Waals surface area (Å²) in [6.07, 6.45) is -0.384. The molecule has 1 unspecified atom stereocenters. The van der Waals surface area contributed by atoms with Crippen LogP contribution in [0, 0.1) is 0 Å². The molecule has 0 radical (unpaired) electrons. The van der Waals surface area contributed by atoms with Crippen molar-refractivity contribution >= 4 is 6.09 Å². The van der Waals surface area contributed by atoms with Crippen molar-refractivity contribution in [3.05, 3.63) is 0 Å². The van der Waals surface area contributed by atoms with Gasteiger partial charge in [0.05, 0.1) is 12.6 Å². The average Bonchev–Trinajstić information content (AvgIpc) is 2.34. The number of amides is 1. The summed E-state index contributed by atoms with van der Waals surface area (Å²) >= 11 is 0. The van der Waals surface area contributed by atoms with Gasteiger partial charge in [0.2, 0.25) is 0 Å². The zero-order valence-electron chi connectivity index (χ0n) is 5.49. The predicted molar refractivity (Wildman–Crippen MR) is 32.9 cm³/mol. The molecule has 1 heterocycles. The molecule has 58 valence electrons. The Morgan fingerprint density at radius 2 is 2.50 bits per heavy atom. The van der Waals surface area contributed by atoms with Crippen LogP contribution in [0.3, 0.4) is 0 Å². The van der Waals surface area contributed by atoms with Crippen LogP contribution in [0.5, 0.6) is 0 Å². The van der Waals surface area contributed by atoms with Crippen molar-refractivity contribution in [3.8, 4) is 0 Å². The van der Waals surface area contributed by atoms with E-state index >= 15 is 0 Å². The van der Waals surface area contributed by atoms with E-state index in [0.29, 0.717) is 19.5 Å². The van der Waals surface area contributed by atoms with Crippen LogP contribution in [-0.2, 0) is 4.84 Å². The Morgan fingerprint density at radius 3 is 2.90 bits per heavy atom. The van der Waals surface area contributed by atoms with Gasteiger partial charge in [-0.25, -0.2) is 4.79 Å². The summed E-state index contributed by atoms with van der Waals surface area (Å²) in [7, 11) is 0. The van der Waals surface area contributed by atoms with Gasteiger partial charge in [-0.2, -0.15) is 5.90 Å². The second kappa shape index (κ2) is 2.85. The summed E-state index contributed by atoms with van der Waals surface area (Å²) < 4.78 is 0. The predicted octanol–water partition coefficient (Wildman–Crippen LogP) is -0.937. The van der Waals surface area contributed by atoms with E-state index in [4.69, 9.17) is 5.11 Å². The molecule has 0 spiro atoms. The summed E-state index contributed by atoms with van der Waals surface area (Å²) in [4.78, 5) is 16.0. The van der Waals surface area contributed by atoms with Crippen molar-refractivity contribution in [1.29, 1.82) is 0 Å². The van der Waals surface area contributed by atoms with E-state index in [1.54, 1.807) is 0 Å². The molecular formula is C5H10N2O3. The molecule has 1 rings (SSSR count). The molecule has 1 aliphatic rings. The number of nitrogens with two attached hydrogens (primary N) is 1. The lowest BCUT2D eigenvalue weighted by Crippen LogP contribution is -2.31. The quantitative estimate of drug-likeness (QED) is 0.432. The monoisotopic (exact) mass is 146 g/mol. The first-order valence-electron chi connectivity index (χ1n) is 3.07. The van der Waals surface area contributed by atoms with E-state index < -0.39 is 12.2 Å².